The quantitative estimate of drug-likeness (QED) is 0.731. The van der Waals surface area contributed by atoms with E-state index in [4.69, 9.17) is 10.5 Å². The highest BCUT2D eigenvalue weighted by Gasteiger charge is 2.21. The fraction of sp³-hybridized carbons (Fsp3) is 0.650. The van der Waals surface area contributed by atoms with Gasteiger partial charge in [-0.3, -0.25) is 4.79 Å². The van der Waals surface area contributed by atoms with Crippen LogP contribution in [0.15, 0.2) is 0 Å². The highest BCUT2D eigenvalue weighted by Crippen LogP contribution is 2.26. The number of hydrogen-bond donors (Lipinski definition) is 2. The number of aromatic nitrogens is 3. The van der Waals surface area contributed by atoms with Crippen molar-refractivity contribution in [2.45, 2.75) is 66.0 Å². The van der Waals surface area contributed by atoms with Gasteiger partial charge >= 0.3 is 0 Å². The van der Waals surface area contributed by atoms with Crippen LogP contribution in [0.25, 0.3) is 11.0 Å². The molecule has 8 heteroatoms. The first-order valence-electron chi connectivity index (χ1n) is 10.00. The Labute approximate surface area is 172 Å². The molecule has 1 aliphatic rings. The lowest BCUT2D eigenvalue weighted by molar-refractivity contribution is -0.125. The molecule has 0 saturated heterocycles. The minimum Gasteiger partial charge on any atom is -0.382 e. The SMILES string of the molecule is CCOCc1nc2c(N)nc(C)c(C)c2n1CCNC(=O)C1CCCCC1.Cl. The van der Waals surface area contributed by atoms with Crippen molar-refractivity contribution in [3.63, 3.8) is 0 Å². The minimum absolute atomic E-state index is 0. The summed E-state index contributed by atoms with van der Waals surface area (Å²) in [5, 5.41) is 3.11. The number of nitrogens with two attached hydrogens (primary N) is 1. The number of imidazole rings is 1. The van der Waals surface area contributed by atoms with Crippen LogP contribution < -0.4 is 11.1 Å². The number of nitrogens with zero attached hydrogens (tertiary/aromatic N) is 3. The molecule has 1 fully saturated rings. The first-order valence-corrected chi connectivity index (χ1v) is 10.00. The van der Waals surface area contributed by atoms with Crippen molar-refractivity contribution in [3.8, 4) is 0 Å². The van der Waals surface area contributed by atoms with E-state index >= 15 is 0 Å². The third-order valence-electron chi connectivity index (χ3n) is 5.52. The highest BCUT2D eigenvalue weighted by molar-refractivity contribution is 5.88. The van der Waals surface area contributed by atoms with Crippen LogP contribution in [0.4, 0.5) is 5.82 Å². The van der Waals surface area contributed by atoms with Gasteiger partial charge < -0.3 is 20.4 Å². The van der Waals surface area contributed by atoms with Crippen LogP contribution in [-0.4, -0.2) is 33.6 Å². The van der Waals surface area contributed by atoms with E-state index in [0.29, 0.717) is 37.6 Å². The van der Waals surface area contributed by atoms with Gasteiger partial charge in [0.2, 0.25) is 5.91 Å². The first-order chi connectivity index (χ1) is 13.0. The molecule has 0 aliphatic heterocycles. The fourth-order valence-corrected chi connectivity index (χ4v) is 3.89. The van der Waals surface area contributed by atoms with E-state index in [1.54, 1.807) is 0 Å². The van der Waals surface area contributed by atoms with Crippen LogP contribution in [0.2, 0.25) is 0 Å². The van der Waals surface area contributed by atoms with Crippen molar-refractivity contribution in [2.75, 3.05) is 18.9 Å². The first kappa shape index (κ1) is 22.4. The number of amides is 1. The van der Waals surface area contributed by atoms with Crippen molar-refractivity contribution in [3.05, 3.63) is 17.1 Å². The predicted molar refractivity (Wildman–Crippen MR) is 114 cm³/mol. The molecule has 0 spiro atoms. The molecular formula is C20H32ClN5O2. The second-order valence-corrected chi connectivity index (χ2v) is 7.35. The number of nitrogens with one attached hydrogen (secondary N) is 1. The molecule has 0 radical (unpaired) electrons. The molecule has 156 valence electrons. The van der Waals surface area contributed by atoms with Crippen LogP contribution in [0, 0.1) is 19.8 Å². The molecular weight excluding hydrogens is 378 g/mol. The van der Waals surface area contributed by atoms with Gasteiger partial charge in [-0.25, -0.2) is 9.97 Å². The number of rotatable bonds is 7. The number of ether oxygens (including phenoxy) is 1. The predicted octanol–water partition coefficient (Wildman–Crippen LogP) is 3.29. The normalized spacial score (nSPS) is 14.8. The Morgan fingerprint density at radius 2 is 1.96 bits per heavy atom. The minimum atomic E-state index is 0. The standard InChI is InChI=1S/C20H31N5O2.ClH/c1-4-27-12-16-24-17-18(13(2)14(3)23-19(17)21)25(16)11-10-22-20(26)15-8-6-5-7-9-15;/h15H,4-12H2,1-3H3,(H2,21,23)(H,22,26);1H. The van der Waals surface area contributed by atoms with Crippen molar-refractivity contribution in [1.82, 2.24) is 19.9 Å². The molecule has 3 N–H and O–H groups in total. The van der Waals surface area contributed by atoms with E-state index in [2.05, 4.69) is 19.9 Å². The maximum Gasteiger partial charge on any atom is 0.223 e. The lowest BCUT2D eigenvalue weighted by Gasteiger charge is -2.21. The Kier molecular flexibility index (Phi) is 8.07. The zero-order valence-electron chi connectivity index (χ0n) is 17.1. The molecule has 0 aromatic carbocycles. The summed E-state index contributed by atoms with van der Waals surface area (Å²) < 4.78 is 7.71. The lowest BCUT2D eigenvalue weighted by atomic mass is 9.89. The third-order valence-corrected chi connectivity index (χ3v) is 5.52. The van der Waals surface area contributed by atoms with Crippen molar-refractivity contribution in [1.29, 1.82) is 0 Å². The average molecular weight is 410 g/mol. The van der Waals surface area contributed by atoms with Crippen molar-refractivity contribution >= 4 is 35.2 Å². The van der Waals surface area contributed by atoms with Gasteiger partial charge in [-0.15, -0.1) is 12.4 Å². The molecule has 0 atom stereocenters. The number of pyridine rings is 1. The topological polar surface area (TPSA) is 95.1 Å². The van der Waals surface area contributed by atoms with Gasteiger partial charge in [0, 0.05) is 31.3 Å². The Bertz CT molecular complexity index is 815. The molecule has 0 unspecified atom stereocenters. The fourth-order valence-electron chi connectivity index (χ4n) is 3.89. The maximum atomic E-state index is 12.4. The molecule has 2 aromatic heterocycles. The van der Waals surface area contributed by atoms with Crippen LogP contribution >= 0.6 is 12.4 Å². The van der Waals surface area contributed by atoms with Gasteiger partial charge in [-0.1, -0.05) is 19.3 Å². The van der Waals surface area contributed by atoms with Gasteiger partial charge in [0.25, 0.3) is 0 Å². The van der Waals surface area contributed by atoms with E-state index in [9.17, 15) is 4.79 Å². The Balaban J connectivity index is 0.00000280. The highest BCUT2D eigenvalue weighted by atomic mass is 35.5. The summed E-state index contributed by atoms with van der Waals surface area (Å²) in [6.07, 6.45) is 5.59. The number of nitrogen functional groups attached to an aromatic ring is 1. The third kappa shape index (κ3) is 4.75. The van der Waals surface area contributed by atoms with Crippen molar-refractivity contribution in [2.24, 2.45) is 5.92 Å². The molecule has 3 rings (SSSR count). The summed E-state index contributed by atoms with van der Waals surface area (Å²) in [4.78, 5) is 21.5. The number of aryl methyl sites for hydroxylation is 2. The number of carbonyl (C=O) groups excluding carboxylic acids is 1. The molecule has 2 aromatic rings. The monoisotopic (exact) mass is 409 g/mol. The van der Waals surface area contributed by atoms with Crippen LogP contribution in [-0.2, 0) is 22.7 Å². The zero-order chi connectivity index (χ0) is 19.4. The van der Waals surface area contributed by atoms with Crippen molar-refractivity contribution < 1.29 is 9.53 Å². The largest absolute Gasteiger partial charge is 0.382 e. The summed E-state index contributed by atoms with van der Waals surface area (Å²) in [5.41, 5.74) is 9.78. The Morgan fingerprint density at radius 3 is 2.64 bits per heavy atom. The summed E-state index contributed by atoms with van der Waals surface area (Å²) >= 11 is 0. The molecule has 0 bridgehead atoms. The van der Waals surface area contributed by atoms with Gasteiger partial charge in [0.15, 0.2) is 5.82 Å². The molecule has 28 heavy (non-hydrogen) atoms. The van der Waals surface area contributed by atoms with E-state index in [1.165, 1.54) is 6.42 Å². The molecule has 2 heterocycles. The zero-order valence-corrected chi connectivity index (χ0v) is 17.9. The van der Waals surface area contributed by atoms with E-state index in [0.717, 1.165) is 48.3 Å². The smallest absolute Gasteiger partial charge is 0.223 e. The number of carbonyl (C=O) groups is 1. The van der Waals surface area contributed by atoms with Gasteiger partial charge in [0.1, 0.15) is 17.9 Å². The summed E-state index contributed by atoms with van der Waals surface area (Å²) in [5.74, 6) is 1.61. The van der Waals surface area contributed by atoms with E-state index in [-0.39, 0.29) is 24.2 Å². The maximum absolute atomic E-state index is 12.4. The Hall–Kier alpha value is -1.86. The molecule has 1 amide bonds. The number of hydrogen-bond acceptors (Lipinski definition) is 5. The summed E-state index contributed by atoms with van der Waals surface area (Å²) in [6, 6.07) is 0. The Morgan fingerprint density at radius 1 is 1.25 bits per heavy atom. The lowest BCUT2D eigenvalue weighted by Crippen LogP contribution is -2.34. The van der Waals surface area contributed by atoms with Crippen LogP contribution in [0.5, 0.6) is 0 Å². The van der Waals surface area contributed by atoms with Gasteiger partial charge in [0.05, 0.1) is 5.52 Å². The van der Waals surface area contributed by atoms with Gasteiger partial charge in [-0.05, 0) is 39.2 Å². The number of fused-ring (bicyclic) bond motifs is 1. The molecule has 1 saturated carbocycles. The van der Waals surface area contributed by atoms with E-state index < -0.39 is 0 Å². The van der Waals surface area contributed by atoms with Gasteiger partial charge in [-0.2, -0.15) is 0 Å². The second-order valence-electron chi connectivity index (χ2n) is 7.35. The van der Waals surface area contributed by atoms with Crippen LogP contribution in [0.3, 0.4) is 0 Å². The second kappa shape index (κ2) is 10.1. The summed E-state index contributed by atoms with van der Waals surface area (Å²) in [6.45, 7) is 8.19. The summed E-state index contributed by atoms with van der Waals surface area (Å²) in [7, 11) is 0. The average Bonchev–Trinajstić information content (AvgIpc) is 3.04. The number of halogens is 1. The number of anilines is 1. The molecule has 1 aliphatic carbocycles. The van der Waals surface area contributed by atoms with E-state index in [1.807, 2.05) is 20.8 Å². The van der Waals surface area contributed by atoms with Crippen LogP contribution in [0.1, 0.15) is 56.1 Å². The molecule has 7 nitrogen and oxygen atoms in total.